The molecular formula is C16H18ClIN2O. The third-order valence-electron chi connectivity index (χ3n) is 3.13. The predicted molar refractivity (Wildman–Crippen MR) is 95.6 cm³/mol. The van der Waals surface area contributed by atoms with Crippen LogP contribution in [0.2, 0.25) is 5.02 Å². The highest BCUT2D eigenvalue weighted by Crippen LogP contribution is 2.27. The predicted octanol–water partition coefficient (Wildman–Crippen LogP) is 4.29. The van der Waals surface area contributed by atoms with Gasteiger partial charge in [-0.2, -0.15) is 0 Å². The summed E-state index contributed by atoms with van der Waals surface area (Å²) in [5, 5.41) is 0.733. The number of benzene rings is 2. The van der Waals surface area contributed by atoms with Crippen molar-refractivity contribution < 1.29 is 4.74 Å². The molecule has 1 atom stereocenters. The minimum absolute atomic E-state index is 0.0975. The first-order valence-electron chi connectivity index (χ1n) is 6.79. The van der Waals surface area contributed by atoms with E-state index in [1.165, 1.54) is 0 Å². The van der Waals surface area contributed by atoms with Crippen LogP contribution in [0.4, 0.5) is 0 Å². The maximum absolute atomic E-state index is 6.19. The highest BCUT2D eigenvalue weighted by Gasteiger charge is 2.13. The Labute approximate surface area is 143 Å². The summed E-state index contributed by atoms with van der Waals surface area (Å²) >= 11 is 8.40. The second-order valence-electron chi connectivity index (χ2n) is 4.69. The fourth-order valence-electron chi connectivity index (χ4n) is 2.05. The van der Waals surface area contributed by atoms with Gasteiger partial charge in [0.15, 0.2) is 0 Å². The zero-order valence-corrected chi connectivity index (χ0v) is 14.7. The van der Waals surface area contributed by atoms with Crippen LogP contribution in [0.5, 0.6) is 5.75 Å². The van der Waals surface area contributed by atoms with Crippen molar-refractivity contribution in [1.82, 2.24) is 5.43 Å². The average molecular weight is 417 g/mol. The Bertz CT molecular complexity index is 589. The van der Waals surface area contributed by atoms with Gasteiger partial charge in [-0.25, -0.2) is 5.43 Å². The van der Waals surface area contributed by atoms with Crippen LogP contribution in [0.15, 0.2) is 42.5 Å². The van der Waals surface area contributed by atoms with Gasteiger partial charge in [-0.05, 0) is 64.4 Å². The van der Waals surface area contributed by atoms with Crippen molar-refractivity contribution in [2.24, 2.45) is 5.84 Å². The summed E-state index contributed by atoms with van der Waals surface area (Å²) in [7, 11) is 0. The van der Waals surface area contributed by atoms with Crippen molar-refractivity contribution in [3.8, 4) is 5.75 Å². The van der Waals surface area contributed by atoms with E-state index in [1.807, 2.05) is 42.5 Å². The van der Waals surface area contributed by atoms with Crippen LogP contribution in [-0.2, 0) is 0 Å². The van der Waals surface area contributed by atoms with Gasteiger partial charge in [0.1, 0.15) is 5.75 Å². The molecular weight excluding hydrogens is 399 g/mol. The monoisotopic (exact) mass is 416 g/mol. The summed E-state index contributed by atoms with van der Waals surface area (Å²) in [4.78, 5) is 0. The van der Waals surface area contributed by atoms with Crippen LogP contribution >= 0.6 is 34.2 Å². The number of nitrogens with two attached hydrogens (primary N) is 1. The smallest absolute Gasteiger partial charge is 0.119 e. The van der Waals surface area contributed by atoms with Crippen molar-refractivity contribution in [3.05, 3.63) is 62.2 Å². The number of halogens is 2. The van der Waals surface area contributed by atoms with Crippen molar-refractivity contribution in [2.75, 3.05) is 6.61 Å². The van der Waals surface area contributed by atoms with E-state index in [0.29, 0.717) is 0 Å². The van der Waals surface area contributed by atoms with E-state index in [1.54, 1.807) is 0 Å². The zero-order chi connectivity index (χ0) is 15.2. The molecule has 0 aromatic heterocycles. The lowest BCUT2D eigenvalue weighted by Gasteiger charge is -2.18. The third kappa shape index (κ3) is 4.32. The molecule has 0 heterocycles. The van der Waals surface area contributed by atoms with E-state index in [4.69, 9.17) is 22.2 Å². The third-order valence-corrected chi connectivity index (χ3v) is 4.70. The van der Waals surface area contributed by atoms with Crippen molar-refractivity contribution in [3.63, 3.8) is 0 Å². The van der Waals surface area contributed by atoms with E-state index in [9.17, 15) is 0 Å². The SMILES string of the molecule is CCCOc1ccc(C(NN)c2ccc(I)c(Cl)c2)cc1. The maximum atomic E-state index is 6.19. The summed E-state index contributed by atoms with van der Waals surface area (Å²) in [5.41, 5.74) is 4.94. The molecule has 2 aromatic carbocycles. The summed E-state index contributed by atoms with van der Waals surface area (Å²) in [6, 6.07) is 13.8. The number of hydrogen-bond acceptors (Lipinski definition) is 3. The number of hydrogen-bond donors (Lipinski definition) is 2. The molecule has 2 rings (SSSR count). The van der Waals surface area contributed by atoms with Gasteiger partial charge in [0.05, 0.1) is 17.7 Å². The van der Waals surface area contributed by atoms with Crippen LogP contribution in [0.1, 0.15) is 30.5 Å². The van der Waals surface area contributed by atoms with Gasteiger partial charge in [0, 0.05) is 3.57 Å². The molecule has 0 bridgehead atoms. The Kier molecular flexibility index (Phi) is 6.29. The van der Waals surface area contributed by atoms with Gasteiger partial charge in [-0.3, -0.25) is 5.84 Å². The second-order valence-corrected chi connectivity index (χ2v) is 6.26. The number of rotatable bonds is 6. The molecule has 0 fully saturated rings. The Balaban J connectivity index is 2.22. The first-order chi connectivity index (χ1) is 10.2. The first kappa shape index (κ1) is 16.5. The van der Waals surface area contributed by atoms with Gasteiger partial charge < -0.3 is 4.74 Å². The Morgan fingerprint density at radius 3 is 2.43 bits per heavy atom. The Morgan fingerprint density at radius 2 is 1.86 bits per heavy atom. The van der Waals surface area contributed by atoms with Crippen molar-refractivity contribution in [1.29, 1.82) is 0 Å². The summed E-state index contributed by atoms with van der Waals surface area (Å²) < 4.78 is 6.62. The fourth-order valence-corrected chi connectivity index (χ4v) is 2.58. The van der Waals surface area contributed by atoms with E-state index in [0.717, 1.165) is 38.5 Å². The molecule has 112 valence electrons. The van der Waals surface area contributed by atoms with Gasteiger partial charge in [0.2, 0.25) is 0 Å². The number of ether oxygens (including phenoxy) is 1. The summed E-state index contributed by atoms with van der Waals surface area (Å²) in [6.45, 7) is 2.81. The highest BCUT2D eigenvalue weighted by molar-refractivity contribution is 14.1. The minimum atomic E-state index is -0.0975. The quantitative estimate of drug-likeness (QED) is 0.420. The van der Waals surface area contributed by atoms with Crippen molar-refractivity contribution in [2.45, 2.75) is 19.4 Å². The van der Waals surface area contributed by atoms with Crippen LogP contribution in [0.25, 0.3) is 0 Å². The molecule has 2 aromatic rings. The van der Waals surface area contributed by atoms with Gasteiger partial charge in [-0.1, -0.05) is 36.7 Å². The van der Waals surface area contributed by atoms with Crippen LogP contribution in [0, 0.1) is 3.57 Å². The molecule has 21 heavy (non-hydrogen) atoms. The summed E-state index contributed by atoms with van der Waals surface area (Å²) in [6.07, 6.45) is 0.996. The van der Waals surface area contributed by atoms with Crippen molar-refractivity contribution >= 4 is 34.2 Å². The van der Waals surface area contributed by atoms with Gasteiger partial charge in [-0.15, -0.1) is 0 Å². The topological polar surface area (TPSA) is 47.3 Å². The lowest BCUT2D eigenvalue weighted by Crippen LogP contribution is -2.28. The van der Waals surface area contributed by atoms with E-state index in [2.05, 4.69) is 34.9 Å². The average Bonchev–Trinajstić information content (AvgIpc) is 2.50. The van der Waals surface area contributed by atoms with E-state index in [-0.39, 0.29) is 6.04 Å². The van der Waals surface area contributed by atoms with Crippen LogP contribution in [0.3, 0.4) is 0 Å². The molecule has 5 heteroatoms. The molecule has 0 aliphatic heterocycles. The lowest BCUT2D eigenvalue weighted by atomic mass is 9.99. The molecule has 0 spiro atoms. The van der Waals surface area contributed by atoms with Crippen LogP contribution < -0.4 is 16.0 Å². The molecule has 3 nitrogen and oxygen atoms in total. The normalized spacial score (nSPS) is 12.2. The minimum Gasteiger partial charge on any atom is -0.494 e. The second kappa shape index (κ2) is 7.98. The Hall–Kier alpha value is -0.820. The van der Waals surface area contributed by atoms with E-state index < -0.39 is 0 Å². The largest absolute Gasteiger partial charge is 0.494 e. The first-order valence-corrected chi connectivity index (χ1v) is 8.25. The zero-order valence-electron chi connectivity index (χ0n) is 11.8. The maximum Gasteiger partial charge on any atom is 0.119 e. The molecule has 0 saturated heterocycles. The highest BCUT2D eigenvalue weighted by atomic mass is 127. The fraction of sp³-hybridized carbons (Fsp3) is 0.250. The van der Waals surface area contributed by atoms with Gasteiger partial charge >= 0.3 is 0 Å². The molecule has 0 amide bonds. The molecule has 0 radical (unpaired) electrons. The van der Waals surface area contributed by atoms with E-state index >= 15 is 0 Å². The molecule has 0 saturated carbocycles. The molecule has 0 aliphatic carbocycles. The number of hydrazine groups is 1. The standard InChI is InChI=1S/C16H18ClIN2O/c1-2-9-21-13-6-3-11(4-7-13)16(20-19)12-5-8-15(18)14(17)10-12/h3-8,10,16,20H,2,9,19H2,1H3. The van der Waals surface area contributed by atoms with Gasteiger partial charge in [0.25, 0.3) is 0 Å². The molecule has 0 aliphatic rings. The summed E-state index contributed by atoms with van der Waals surface area (Å²) in [5.74, 6) is 6.59. The number of nitrogens with one attached hydrogen (secondary N) is 1. The molecule has 3 N–H and O–H groups in total. The Morgan fingerprint density at radius 1 is 1.19 bits per heavy atom. The van der Waals surface area contributed by atoms with Crippen LogP contribution in [-0.4, -0.2) is 6.61 Å². The molecule has 1 unspecified atom stereocenters. The lowest BCUT2D eigenvalue weighted by molar-refractivity contribution is 0.317.